The van der Waals surface area contributed by atoms with Crippen molar-refractivity contribution in [2.45, 2.75) is 89.6 Å². The second-order valence-corrected chi connectivity index (χ2v) is 18.7. The Morgan fingerprint density at radius 2 is 1.78 bits per heavy atom. The van der Waals surface area contributed by atoms with Crippen molar-refractivity contribution < 1.29 is 27.6 Å². The molecule has 3 aliphatic heterocycles. The van der Waals surface area contributed by atoms with Gasteiger partial charge in [0.15, 0.2) is 5.69 Å². The molecule has 5 N–H and O–H groups in total. The maximum Gasteiger partial charge on any atom is 0.329 e. The van der Waals surface area contributed by atoms with Crippen molar-refractivity contribution in [2.24, 2.45) is 41.2 Å². The summed E-state index contributed by atoms with van der Waals surface area (Å²) in [5.41, 5.74) is 2.44. The number of piperidine rings is 2. The Kier molecular flexibility index (Phi) is 12.5. The minimum Gasteiger partial charge on any atom is -0.444 e. The molecule has 4 aromatic rings. The van der Waals surface area contributed by atoms with Crippen LogP contribution in [0.5, 0.6) is 0 Å². The van der Waals surface area contributed by atoms with Crippen LogP contribution in [0.15, 0.2) is 68.9 Å². The quantitative estimate of drug-likeness (QED) is 0.0532. The van der Waals surface area contributed by atoms with Gasteiger partial charge in [-0.05, 0) is 124 Å². The lowest BCUT2D eigenvalue weighted by Gasteiger charge is -2.55. The maximum absolute atomic E-state index is 14.1. The van der Waals surface area contributed by atoms with Gasteiger partial charge in [-0.3, -0.25) is 33.7 Å². The fourth-order valence-electron chi connectivity index (χ4n) is 10.3. The lowest BCUT2D eigenvalue weighted by atomic mass is 9.71. The number of imide groups is 1. The minimum atomic E-state index is -2.98. The molecule has 9 rings (SSSR count). The molecule has 5 aliphatic rings. The number of hydrazone groups is 1. The standard InChI is InChI=1S/C46H57F2N11O5/c1-56-40-32(3-2-4-35(40)59(45(56)63)36-13-14-38(60)54-43(36)62)24-57-19-16-46(17-20-57)26-58(27-46)23-30-9-5-28(6-10-30)11-12-33(39(55-49)41(47)48)52-42(61)34-25-64-44(53-34)31-15-18-50-37(21-31)51-22-29-7-8-29/h2-4,12,15,18,21,25,28-30,36,41H,5-11,13-14,16-17,19-20,22-24,26-27,49H2,1H3,(H,50,51)(H,52,61)(H,54,60,62)/b33-12+,55-39+/t28-,30-,36?. The van der Waals surface area contributed by atoms with E-state index in [4.69, 9.17) is 10.3 Å². The van der Waals surface area contributed by atoms with Crippen molar-refractivity contribution in [1.82, 2.24) is 39.5 Å². The van der Waals surface area contributed by atoms with E-state index < -0.39 is 30.0 Å². The van der Waals surface area contributed by atoms with E-state index in [0.717, 1.165) is 88.9 Å². The number of allylic oxidation sites excluding steroid dienone is 2. The zero-order valence-electron chi connectivity index (χ0n) is 36.2. The van der Waals surface area contributed by atoms with Crippen LogP contribution >= 0.6 is 0 Å². The molecule has 3 aromatic heterocycles. The number of oxazole rings is 1. The number of anilines is 1. The number of halogens is 2. The minimum absolute atomic E-state index is 0.0573. The second-order valence-electron chi connectivity index (χ2n) is 18.7. The SMILES string of the molecule is Cn1c(=O)n(C2CCC(=O)NC2=O)c2cccc(CN3CCC4(CC3)CN(C[C@H]3CC[C@H](C/C=C(NC(=O)c5coc(-c6ccnc(NCC7CC7)c6)n5)\C(=N/N)C(F)F)CC3)C4)c21. The lowest BCUT2D eigenvalue weighted by molar-refractivity contribution is -0.135. The third-order valence-electron chi connectivity index (χ3n) is 14.2. The fraction of sp³-hybridized carbons (Fsp3) is 0.543. The predicted octanol–water partition coefficient (Wildman–Crippen LogP) is 5.18. The zero-order chi connectivity index (χ0) is 44.5. The first kappa shape index (κ1) is 43.5. The first-order valence-corrected chi connectivity index (χ1v) is 22.7. The van der Waals surface area contributed by atoms with Gasteiger partial charge in [0, 0.05) is 58.0 Å². The predicted molar refractivity (Wildman–Crippen MR) is 236 cm³/mol. The highest BCUT2D eigenvalue weighted by molar-refractivity contribution is 6.07. The molecule has 2 saturated carbocycles. The van der Waals surface area contributed by atoms with Gasteiger partial charge in [0.2, 0.25) is 17.7 Å². The highest BCUT2D eigenvalue weighted by Crippen LogP contribution is 2.43. The van der Waals surface area contributed by atoms with Gasteiger partial charge in [-0.2, -0.15) is 5.10 Å². The summed E-state index contributed by atoms with van der Waals surface area (Å²) < 4.78 is 36.9. The Labute approximate surface area is 369 Å². The van der Waals surface area contributed by atoms with Gasteiger partial charge >= 0.3 is 5.69 Å². The number of aromatic nitrogens is 4. The van der Waals surface area contributed by atoms with Gasteiger partial charge in [0.1, 0.15) is 23.8 Å². The average molecular weight is 882 g/mol. The number of hydrogen-bond acceptors (Lipinski definition) is 12. The number of benzene rings is 1. The van der Waals surface area contributed by atoms with Crippen LogP contribution in [0.2, 0.25) is 0 Å². The first-order valence-electron chi connectivity index (χ1n) is 22.7. The number of hydrogen-bond donors (Lipinski definition) is 4. The van der Waals surface area contributed by atoms with E-state index in [1.807, 2.05) is 12.1 Å². The molecule has 0 bridgehead atoms. The van der Waals surface area contributed by atoms with Crippen LogP contribution in [-0.4, -0.2) is 98.0 Å². The number of nitrogens with zero attached hydrogens (tertiary/aromatic N) is 7. The Bertz CT molecular complexity index is 2500. The topological polar surface area (TPSA) is 198 Å². The number of carbonyl (C=O) groups excluding carboxylic acids is 3. The van der Waals surface area contributed by atoms with Crippen LogP contribution in [0.4, 0.5) is 14.6 Å². The smallest absolute Gasteiger partial charge is 0.329 e. The molecule has 64 heavy (non-hydrogen) atoms. The summed E-state index contributed by atoms with van der Waals surface area (Å²) in [5.74, 6) is 6.38. The molecular weight excluding hydrogens is 825 g/mol. The van der Waals surface area contributed by atoms with Crippen molar-refractivity contribution in [3.63, 3.8) is 0 Å². The number of nitrogens with two attached hydrogens (primary N) is 1. The van der Waals surface area contributed by atoms with Crippen molar-refractivity contribution in [3.05, 3.63) is 76.3 Å². The summed E-state index contributed by atoms with van der Waals surface area (Å²) in [6.07, 6.45) is 11.2. The number of para-hydroxylation sites is 1. The molecule has 1 aromatic carbocycles. The van der Waals surface area contributed by atoms with E-state index in [2.05, 4.69) is 46.9 Å². The summed E-state index contributed by atoms with van der Waals surface area (Å²) in [4.78, 5) is 64.9. The first-order chi connectivity index (χ1) is 31.0. The van der Waals surface area contributed by atoms with Crippen LogP contribution < -0.4 is 27.5 Å². The van der Waals surface area contributed by atoms with Crippen molar-refractivity contribution in [3.8, 4) is 11.5 Å². The second kappa shape index (κ2) is 18.4. The Morgan fingerprint density at radius 3 is 2.50 bits per heavy atom. The van der Waals surface area contributed by atoms with Crippen molar-refractivity contribution in [2.75, 3.05) is 44.6 Å². The molecular formula is C46H57F2N11O5. The van der Waals surface area contributed by atoms with E-state index in [-0.39, 0.29) is 41.2 Å². The number of likely N-dealkylation sites (tertiary alicyclic amines) is 2. The summed E-state index contributed by atoms with van der Waals surface area (Å²) in [7, 11) is 1.75. The molecule has 5 fully saturated rings. The third kappa shape index (κ3) is 9.39. The van der Waals surface area contributed by atoms with E-state index in [0.29, 0.717) is 53.5 Å². The summed E-state index contributed by atoms with van der Waals surface area (Å²) in [5, 5.41) is 11.6. The van der Waals surface area contributed by atoms with Crippen LogP contribution in [0.1, 0.15) is 92.7 Å². The maximum atomic E-state index is 14.1. The number of pyridine rings is 1. The Balaban J connectivity index is 0.736. The molecule has 1 atom stereocenters. The van der Waals surface area contributed by atoms with Crippen LogP contribution in [0.3, 0.4) is 0 Å². The number of fused-ring (bicyclic) bond motifs is 1. The van der Waals surface area contributed by atoms with Crippen LogP contribution in [0.25, 0.3) is 22.5 Å². The molecule has 6 heterocycles. The van der Waals surface area contributed by atoms with Gasteiger partial charge in [-0.1, -0.05) is 18.2 Å². The van der Waals surface area contributed by atoms with Gasteiger partial charge in [-0.25, -0.2) is 23.5 Å². The molecule has 3 amide bonds. The van der Waals surface area contributed by atoms with E-state index >= 15 is 0 Å². The normalized spacial score (nSPS) is 23.4. The summed E-state index contributed by atoms with van der Waals surface area (Å²) >= 11 is 0. The average Bonchev–Trinajstić information content (AvgIpc) is 3.91. The molecule has 16 nitrogen and oxygen atoms in total. The number of rotatable bonds is 15. The molecule has 0 radical (unpaired) electrons. The number of amides is 3. The van der Waals surface area contributed by atoms with Gasteiger partial charge < -0.3 is 25.8 Å². The highest BCUT2D eigenvalue weighted by atomic mass is 19.3. The van der Waals surface area contributed by atoms with Gasteiger partial charge in [0.05, 0.1) is 16.7 Å². The van der Waals surface area contributed by atoms with E-state index in [9.17, 15) is 28.0 Å². The molecule has 340 valence electrons. The molecule has 18 heteroatoms. The monoisotopic (exact) mass is 881 g/mol. The van der Waals surface area contributed by atoms with Crippen molar-refractivity contribution >= 4 is 40.3 Å². The number of carbonyl (C=O) groups is 3. The number of alkyl halides is 2. The van der Waals surface area contributed by atoms with Crippen LogP contribution in [0, 0.1) is 23.2 Å². The largest absolute Gasteiger partial charge is 0.444 e. The highest BCUT2D eigenvalue weighted by Gasteiger charge is 2.45. The molecule has 1 spiro atoms. The molecule has 2 aliphatic carbocycles. The molecule has 1 unspecified atom stereocenters. The van der Waals surface area contributed by atoms with E-state index in [1.165, 1.54) is 19.1 Å². The number of aryl methyl sites for hydroxylation is 1. The number of imidazole rings is 1. The summed E-state index contributed by atoms with van der Waals surface area (Å²) in [6, 6.07) is 8.70. The molecule has 3 saturated heterocycles. The Morgan fingerprint density at radius 1 is 1.03 bits per heavy atom. The van der Waals surface area contributed by atoms with Gasteiger partial charge in [-0.15, -0.1) is 0 Å². The van der Waals surface area contributed by atoms with Gasteiger partial charge in [0.25, 0.3) is 12.3 Å². The lowest BCUT2D eigenvalue weighted by Crippen LogP contribution is -2.61. The van der Waals surface area contributed by atoms with Crippen molar-refractivity contribution in [1.29, 1.82) is 0 Å². The fourth-order valence-corrected chi connectivity index (χ4v) is 10.3. The van der Waals surface area contributed by atoms with E-state index in [1.54, 1.807) is 40.6 Å². The zero-order valence-corrected chi connectivity index (χ0v) is 36.2. The van der Waals surface area contributed by atoms with Crippen LogP contribution in [-0.2, 0) is 23.2 Å². The third-order valence-corrected chi connectivity index (χ3v) is 14.2. The number of nitrogens with one attached hydrogen (secondary N) is 3. The summed E-state index contributed by atoms with van der Waals surface area (Å²) in [6.45, 7) is 6.74. The Hall–Kier alpha value is -5.75.